The van der Waals surface area contributed by atoms with Crippen molar-refractivity contribution in [3.05, 3.63) is 0 Å². The molecule has 0 spiro atoms. The van der Waals surface area contributed by atoms with Gasteiger partial charge in [0.1, 0.15) is 0 Å². The lowest BCUT2D eigenvalue weighted by Gasteiger charge is -2.36. The SMILES string of the molecule is N=C(N)C1CCN(C(=O)N2CCCCC2)CC1. The fourth-order valence-corrected chi connectivity index (χ4v) is 2.67. The molecule has 0 bridgehead atoms. The van der Waals surface area contributed by atoms with E-state index in [2.05, 4.69) is 0 Å². The normalized spacial score (nSPS) is 22.6. The van der Waals surface area contributed by atoms with Gasteiger partial charge in [-0.3, -0.25) is 5.41 Å². The summed E-state index contributed by atoms with van der Waals surface area (Å²) in [6.45, 7) is 3.32. The van der Waals surface area contributed by atoms with Crippen molar-refractivity contribution in [1.82, 2.24) is 9.80 Å². The first-order valence-corrected chi connectivity index (χ1v) is 6.56. The minimum Gasteiger partial charge on any atom is -0.387 e. The predicted molar refractivity (Wildman–Crippen MR) is 67.0 cm³/mol. The zero-order valence-corrected chi connectivity index (χ0v) is 10.3. The molecule has 2 aliphatic rings. The Morgan fingerprint density at radius 2 is 1.53 bits per heavy atom. The Morgan fingerprint density at radius 3 is 2.06 bits per heavy atom. The van der Waals surface area contributed by atoms with Gasteiger partial charge in [-0.25, -0.2) is 4.79 Å². The molecule has 17 heavy (non-hydrogen) atoms. The van der Waals surface area contributed by atoms with Gasteiger partial charge in [-0.15, -0.1) is 0 Å². The maximum absolute atomic E-state index is 12.2. The lowest BCUT2D eigenvalue weighted by molar-refractivity contribution is 0.131. The zero-order chi connectivity index (χ0) is 12.3. The molecule has 3 N–H and O–H groups in total. The van der Waals surface area contributed by atoms with E-state index in [0.29, 0.717) is 0 Å². The van der Waals surface area contributed by atoms with Gasteiger partial charge in [0.15, 0.2) is 0 Å². The average molecular weight is 238 g/mol. The molecular formula is C12H22N4O. The van der Waals surface area contributed by atoms with Crippen LogP contribution >= 0.6 is 0 Å². The van der Waals surface area contributed by atoms with E-state index >= 15 is 0 Å². The van der Waals surface area contributed by atoms with Gasteiger partial charge in [0.2, 0.25) is 0 Å². The third-order valence-electron chi connectivity index (χ3n) is 3.83. The summed E-state index contributed by atoms with van der Waals surface area (Å²) in [5, 5.41) is 7.42. The number of amides is 2. The van der Waals surface area contributed by atoms with Crippen LogP contribution in [0.15, 0.2) is 0 Å². The van der Waals surface area contributed by atoms with Crippen LogP contribution in [-0.2, 0) is 0 Å². The fourth-order valence-electron chi connectivity index (χ4n) is 2.67. The molecule has 5 nitrogen and oxygen atoms in total. The number of likely N-dealkylation sites (tertiary alicyclic amines) is 2. The number of piperidine rings is 2. The van der Waals surface area contributed by atoms with E-state index in [4.69, 9.17) is 11.1 Å². The summed E-state index contributed by atoms with van der Waals surface area (Å²) in [5.74, 6) is 0.454. The van der Waals surface area contributed by atoms with Crippen molar-refractivity contribution in [2.45, 2.75) is 32.1 Å². The lowest BCUT2D eigenvalue weighted by atomic mass is 9.96. The van der Waals surface area contributed by atoms with Crippen molar-refractivity contribution in [2.24, 2.45) is 11.7 Å². The average Bonchev–Trinajstić information content (AvgIpc) is 2.39. The first-order valence-electron chi connectivity index (χ1n) is 6.56. The second kappa shape index (κ2) is 5.38. The van der Waals surface area contributed by atoms with E-state index in [0.717, 1.165) is 51.9 Å². The van der Waals surface area contributed by atoms with Crippen LogP contribution in [0.5, 0.6) is 0 Å². The summed E-state index contributed by atoms with van der Waals surface area (Å²) in [6, 6.07) is 0.187. The van der Waals surface area contributed by atoms with E-state index in [-0.39, 0.29) is 17.8 Å². The van der Waals surface area contributed by atoms with Crippen molar-refractivity contribution >= 4 is 11.9 Å². The molecule has 0 aromatic carbocycles. The molecule has 0 aromatic rings. The van der Waals surface area contributed by atoms with E-state index in [1.807, 2.05) is 9.80 Å². The monoisotopic (exact) mass is 238 g/mol. The summed E-state index contributed by atoms with van der Waals surface area (Å²) < 4.78 is 0. The highest BCUT2D eigenvalue weighted by Gasteiger charge is 2.27. The van der Waals surface area contributed by atoms with Crippen LogP contribution in [0.4, 0.5) is 4.79 Å². The smallest absolute Gasteiger partial charge is 0.319 e. The molecule has 2 amide bonds. The number of hydrogen-bond donors (Lipinski definition) is 2. The Morgan fingerprint density at radius 1 is 1.00 bits per heavy atom. The molecule has 2 heterocycles. The zero-order valence-electron chi connectivity index (χ0n) is 10.3. The number of nitrogens with two attached hydrogens (primary N) is 1. The molecule has 2 aliphatic heterocycles. The van der Waals surface area contributed by atoms with Gasteiger partial charge in [-0.05, 0) is 32.1 Å². The number of carbonyl (C=O) groups excluding carboxylic acids is 1. The first-order chi connectivity index (χ1) is 8.18. The molecule has 5 heteroatoms. The van der Waals surface area contributed by atoms with E-state index in [1.165, 1.54) is 6.42 Å². The molecule has 96 valence electrons. The van der Waals surface area contributed by atoms with Crippen molar-refractivity contribution in [1.29, 1.82) is 5.41 Å². The third kappa shape index (κ3) is 2.90. The van der Waals surface area contributed by atoms with Gasteiger partial charge in [0.05, 0.1) is 5.84 Å². The Hall–Kier alpha value is -1.26. The molecule has 0 radical (unpaired) electrons. The summed E-state index contributed by atoms with van der Waals surface area (Å²) in [5.41, 5.74) is 5.50. The van der Waals surface area contributed by atoms with Gasteiger partial charge in [0, 0.05) is 32.1 Å². The molecule has 2 rings (SSSR count). The number of hydrogen-bond acceptors (Lipinski definition) is 2. The lowest BCUT2D eigenvalue weighted by Crippen LogP contribution is -2.49. The van der Waals surface area contributed by atoms with Gasteiger partial charge >= 0.3 is 6.03 Å². The molecule has 0 unspecified atom stereocenters. The Balaban J connectivity index is 1.83. The second-order valence-electron chi connectivity index (χ2n) is 5.05. The number of urea groups is 1. The van der Waals surface area contributed by atoms with Crippen LogP contribution < -0.4 is 5.73 Å². The van der Waals surface area contributed by atoms with Crippen LogP contribution in [0.25, 0.3) is 0 Å². The number of carbonyl (C=O) groups is 1. The van der Waals surface area contributed by atoms with Crippen LogP contribution in [0.2, 0.25) is 0 Å². The van der Waals surface area contributed by atoms with Crippen molar-refractivity contribution in [2.75, 3.05) is 26.2 Å². The highest BCUT2D eigenvalue weighted by atomic mass is 16.2. The highest BCUT2D eigenvalue weighted by molar-refractivity contribution is 5.80. The molecule has 0 aromatic heterocycles. The minimum atomic E-state index is 0.181. The Labute approximate surface area is 102 Å². The van der Waals surface area contributed by atoms with Crippen molar-refractivity contribution in [3.8, 4) is 0 Å². The van der Waals surface area contributed by atoms with Crippen LogP contribution in [0.3, 0.4) is 0 Å². The Bertz CT molecular complexity index is 291. The summed E-state index contributed by atoms with van der Waals surface area (Å²) >= 11 is 0. The van der Waals surface area contributed by atoms with Gasteiger partial charge < -0.3 is 15.5 Å². The Kier molecular flexibility index (Phi) is 3.86. The van der Waals surface area contributed by atoms with Crippen LogP contribution in [0.1, 0.15) is 32.1 Å². The molecule has 0 atom stereocenters. The summed E-state index contributed by atoms with van der Waals surface area (Å²) in [4.78, 5) is 16.1. The molecule has 2 fully saturated rings. The van der Waals surface area contributed by atoms with E-state index in [1.54, 1.807) is 0 Å². The largest absolute Gasteiger partial charge is 0.387 e. The maximum atomic E-state index is 12.2. The molecule has 0 aliphatic carbocycles. The molecule has 2 saturated heterocycles. The maximum Gasteiger partial charge on any atom is 0.319 e. The van der Waals surface area contributed by atoms with Crippen molar-refractivity contribution < 1.29 is 4.79 Å². The standard InChI is InChI=1S/C12H22N4O/c13-11(14)10-4-8-16(9-5-10)12(17)15-6-2-1-3-7-15/h10H,1-9H2,(H3,13,14). The van der Waals surface area contributed by atoms with Gasteiger partial charge in [-0.2, -0.15) is 0 Å². The fraction of sp³-hybridized carbons (Fsp3) is 0.833. The summed E-state index contributed by atoms with van der Waals surface area (Å²) in [6.07, 6.45) is 5.20. The van der Waals surface area contributed by atoms with Crippen LogP contribution in [-0.4, -0.2) is 47.8 Å². The first kappa shape index (κ1) is 12.2. The van der Waals surface area contributed by atoms with Crippen molar-refractivity contribution in [3.63, 3.8) is 0 Å². The van der Waals surface area contributed by atoms with E-state index < -0.39 is 0 Å². The molecule has 0 saturated carbocycles. The predicted octanol–water partition coefficient (Wildman–Crippen LogP) is 1.24. The van der Waals surface area contributed by atoms with Gasteiger partial charge in [-0.1, -0.05) is 0 Å². The number of nitrogens with zero attached hydrogens (tertiary/aromatic N) is 2. The second-order valence-corrected chi connectivity index (χ2v) is 5.05. The summed E-state index contributed by atoms with van der Waals surface area (Å²) in [7, 11) is 0. The number of amidine groups is 1. The minimum absolute atomic E-state index is 0.181. The third-order valence-corrected chi connectivity index (χ3v) is 3.83. The topological polar surface area (TPSA) is 73.4 Å². The van der Waals surface area contributed by atoms with Gasteiger partial charge in [0.25, 0.3) is 0 Å². The van der Waals surface area contributed by atoms with Crippen LogP contribution in [0, 0.1) is 11.3 Å². The highest BCUT2D eigenvalue weighted by Crippen LogP contribution is 2.19. The number of rotatable bonds is 1. The molecular weight excluding hydrogens is 216 g/mol. The quantitative estimate of drug-likeness (QED) is 0.533. The van der Waals surface area contributed by atoms with E-state index in [9.17, 15) is 4.79 Å². The number of nitrogens with one attached hydrogen (secondary N) is 1.